The molecule has 0 aliphatic rings. The van der Waals surface area contributed by atoms with Crippen LogP contribution in [-0.2, 0) is 5.41 Å². The Balaban J connectivity index is 1.49. The number of hydrogen-bond donors (Lipinski definition) is 0. The molecular formula is C52B35N5. The van der Waals surface area contributed by atoms with Crippen molar-refractivity contribution >= 4 is 509 Å². The highest BCUT2D eigenvalue weighted by Crippen LogP contribution is 2.40. The third-order valence-corrected chi connectivity index (χ3v) is 17.4. The minimum Gasteiger partial charge on any atom is -0.279 e. The van der Waals surface area contributed by atoms with Crippen molar-refractivity contribution in [3.8, 4) is 23.3 Å². The van der Waals surface area contributed by atoms with Crippen LogP contribution in [0.15, 0.2) is 0 Å². The first-order valence-corrected chi connectivity index (χ1v) is 26.5. The molecule has 11 aromatic rings. The first kappa shape index (κ1) is 68.0. The zero-order chi connectivity index (χ0) is 68.2. The van der Waals surface area contributed by atoms with Crippen molar-refractivity contribution in [1.29, 1.82) is 0 Å². The van der Waals surface area contributed by atoms with E-state index < -0.39 is 138 Å². The van der Waals surface area contributed by atoms with E-state index in [4.69, 9.17) is 290 Å². The minimum atomic E-state index is -2.85. The lowest BCUT2D eigenvalue weighted by Crippen LogP contribution is -2.69. The van der Waals surface area contributed by atoms with Crippen LogP contribution in [0, 0.1) is 0 Å². The standard InChI is InChI=1S/C52B35N5/c53-10-5(15(58)23(66)16(59)6(10)52(7-17(60)28(71)34(77)29(72)18(7)61,8-19(62)30(73)35(78)31(74)20(8)63)9-21(64)32(75)36(79)33(76)22(9)65)49-88-50(91-45-1(11(54)24(67)37(80)41(45)84)2-12(55)25(68)38(81)42(85)46(2)91)90-51(89-49)92-47-3(13(56)26(69)39(82)43(47)86)4-14(57)27(70)40(83)44(87)48(4)92. The van der Waals surface area contributed by atoms with Crippen molar-refractivity contribution in [2.45, 2.75) is 5.41 Å². The number of fused-ring (bicyclic) bond motifs is 6. The second-order valence-corrected chi connectivity index (χ2v) is 21.9. The maximum Gasteiger partial charge on any atom is 0.240 e. The van der Waals surface area contributed by atoms with Crippen molar-refractivity contribution in [1.82, 2.24) is 24.1 Å². The summed E-state index contributed by atoms with van der Waals surface area (Å²) in [5, 5.41) is 0.0389. The zero-order valence-electron chi connectivity index (χ0n) is 48.4. The molecule has 0 atom stereocenters. The van der Waals surface area contributed by atoms with Crippen LogP contribution in [0.4, 0.5) is 0 Å². The molecule has 0 aliphatic carbocycles. The van der Waals surface area contributed by atoms with Crippen molar-refractivity contribution in [3.05, 3.63) is 22.3 Å². The summed E-state index contributed by atoms with van der Waals surface area (Å²) in [6.07, 6.45) is 0. The summed E-state index contributed by atoms with van der Waals surface area (Å²) < 4.78 is 2.49. The highest BCUT2D eigenvalue weighted by molar-refractivity contribution is 6.76. The van der Waals surface area contributed by atoms with Crippen molar-refractivity contribution in [3.63, 3.8) is 0 Å². The van der Waals surface area contributed by atoms with E-state index in [-0.39, 0.29) is 147 Å². The fraction of sp³-hybridized carbons (Fsp3) is 0.0192. The lowest BCUT2D eigenvalue weighted by molar-refractivity contribution is 0.792. The Morgan fingerprint density at radius 3 is 0.576 bits per heavy atom. The molecule has 0 fully saturated rings. The van der Waals surface area contributed by atoms with Gasteiger partial charge in [-0.05, 0) is 43.8 Å². The minimum absolute atomic E-state index is 0.00972. The van der Waals surface area contributed by atoms with Gasteiger partial charge in [-0.1, -0.05) is 60.1 Å². The number of hydrogen-bond acceptors (Lipinski definition) is 3. The van der Waals surface area contributed by atoms with E-state index in [0.717, 1.165) is 0 Å². The first-order chi connectivity index (χ1) is 42.8. The lowest BCUT2D eigenvalue weighted by Gasteiger charge is -2.49. The first-order valence-electron chi connectivity index (χ1n) is 26.5. The van der Waals surface area contributed by atoms with Gasteiger partial charge in [0, 0.05) is 27.6 Å². The van der Waals surface area contributed by atoms with Gasteiger partial charge in [0.15, 0.2) is 5.82 Å². The molecular weight excluding hydrogens is 1070 g/mol. The largest absolute Gasteiger partial charge is 0.279 e. The fourth-order valence-electron chi connectivity index (χ4n) is 12.5. The number of rotatable bonds is 7. The summed E-state index contributed by atoms with van der Waals surface area (Å²) in [6.45, 7) is 0. The van der Waals surface area contributed by atoms with E-state index in [1.54, 1.807) is 0 Å². The second kappa shape index (κ2) is 23.2. The Kier molecular flexibility index (Phi) is 17.2. The molecule has 0 N–H and O–H groups in total. The van der Waals surface area contributed by atoms with Crippen molar-refractivity contribution < 1.29 is 0 Å². The predicted molar refractivity (Wildman–Crippen MR) is 421 cm³/mol. The molecule has 3 aromatic heterocycles. The third kappa shape index (κ3) is 8.85. The van der Waals surface area contributed by atoms with Crippen LogP contribution in [0.2, 0.25) is 0 Å². The summed E-state index contributed by atoms with van der Waals surface area (Å²) >= 11 is 0. The van der Waals surface area contributed by atoms with Gasteiger partial charge in [0.1, 0.15) is 275 Å². The Hall–Kier alpha value is -5.36. The van der Waals surface area contributed by atoms with Crippen LogP contribution in [0.1, 0.15) is 22.3 Å². The van der Waals surface area contributed by atoms with Gasteiger partial charge in [0.25, 0.3) is 0 Å². The molecule has 40 heteroatoms. The van der Waals surface area contributed by atoms with Gasteiger partial charge < -0.3 is 0 Å². The van der Waals surface area contributed by atoms with Crippen molar-refractivity contribution in [2.24, 2.45) is 0 Å². The van der Waals surface area contributed by atoms with E-state index >= 15 is 0 Å². The third-order valence-electron chi connectivity index (χ3n) is 17.4. The quantitative estimate of drug-likeness (QED) is 0.118. The average molecular weight is 1070 g/mol. The van der Waals surface area contributed by atoms with Gasteiger partial charge in [-0.3, -0.25) is 9.13 Å². The summed E-state index contributed by atoms with van der Waals surface area (Å²) in [5.41, 5.74) is -18.0. The molecule has 5 nitrogen and oxygen atoms in total. The van der Waals surface area contributed by atoms with Crippen LogP contribution in [0.5, 0.6) is 0 Å². The van der Waals surface area contributed by atoms with Crippen LogP contribution in [-0.4, -0.2) is 299 Å². The molecule has 0 saturated carbocycles. The summed E-state index contributed by atoms with van der Waals surface area (Å²) in [5.74, 6) is -1.69. The Morgan fingerprint density at radius 2 is 0.348 bits per heavy atom. The Bertz CT molecular complexity index is 4720. The monoisotopic (exact) mass is 1080 g/mol. The fourth-order valence-corrected chi connectivity index (χ4v) is 12.5. The average Bonchev–Trinajstić information content (AvgIpc) is 0.793. The van der Waals surface area contributed by atoms with E-state index in [0.29, 0.717) is 0 Å². The number of aromatic nitrogens is 5. The molecule has 8 aromatic carbocycles. The Morgan fingerprint density at radius 1 is 0.174 bits per heavy atom. The number of nitrogens with zero attached hydrogens (tertiary/aromatic N) is 5. The van der Waals surface area contributed by atoms with Crippen molar-refractivity contribution in [2.75, 3.05) is 0 Å². The van der Waals surface area contributed by atoms with Gasteiger partial charge >= 0.3 is 0 Å². The predicted octanol–water partition coefficient (Wildman–Crippen LogP) is -30.1. The Labute approximate surface area is 580 Å². The molecule has 0 bridgehead atoms. The molecule has 0 amide bonds. The molecule has 0 saturated heterocycles. The highest BCUT2D eigenvalue weighted by atomic mass is 15.3. The van der Waals surface area contributed by atoms with Crippen LogP contribution in [0.3, 0.4) is 0 Å². The van der Waals surface area contributed by atoms with E-state index in [1.807, 2.05) is 0 Å². The molecule has 92 heavy (non-hydrogen) atoms. The van der Waals surface area contributed by atoms with Crippen LogP contribution >= 0.6 is 0 Å². The second-order valence-electron chi connectivity index (χ2n) is 21.9. The van der Waals surface area contributed by atoms with Gasteiger partial charge in [-0.15, -0.1) is 131 Å². The van der Waals surface area contributed by atoms with E-state index in [2.05, 4.69) is 0 Å². The summed E-state index contributed by atoms with van der Waals surface area (Å²) in [7, 11) is 241. The van der Waals surface area contributed by atoms with Gasteiger partial charge in [0.05, 0.1) is 5.41 Å². The molecule has 3 heterocycles. The molecule has 0 spiro atoms. The van der Waals surface area contributed by atoms with E-state index in [1.165, 1.54) is 9.13 Å². The summed E-state index contributed by atoms with van der Waals surface area (Å²) in [4.78, 5) is 15.2. The molecule has 0 aliphatic heterocycles. The van der Waals surface area contributed by atoms with Crippen LogP contribution < -0.4 is 191 Å². The molecule has 338 valence electrons. The SMILES string of the molecule is [B]c1c([B])c([B])c(C(c2c([B])c([B])c([B])c([B])c2[B])(c2c([B])c([B])c([B])c([B])c2[B])c2c([B])c([B])c([B])c(-c3nc(-n4c5c([B])c([B])c([B])c([B])c5c5c([B])c([B])c([B])c([B])c54)nc(-n4c5c([B])c([B])c([B])c([B])c5c5c([B])c([B])c([B])c([B])c54)n3)c2[B])c([B])c1[B]. The topological polar surface area (TPSA) is 48.5 Å². The van der Waals surface area contributed by atoms with Gasteiger partial charge in [0.2, 0.25) is 11.9 Å². The lowest BCUT2D eigenvalue weighted by atomic mass is 9.43. The van der Waals surface area contributed by atoms with Gasteiger partial charge in [-0.2, -0.15) is 15.0 Å². The maximum atomic E-state index is 7.82. The normalized spacial score (nSPS) is 11.9. The highest BCUT2D eigenvalue weighted by Gasteiger charge is 2.47. The molecule has 11 rings (SSSR count). The number of benzene rings is 8. The van der Waals surface area contributed by atoms with Gasteiger partial charge in [-0.25, -0.2) is 0 Å². The molecule has 0 unspecified atom stereocenters. The zero-order valence-corrected chi connectivity index (χ0v) is 48.4. The van der Waals surface area contributed by atoms with E-state index in [9.17, 15) is 0 Å². The van der Waals surface area contributed by atoms with Crippen LogP contribution in [0.25, 0.3) is 66.9 Å². The molecule has 70 radical (unpaired) electrons. The maximum absolute atomic E-state index is 7.82. The smallest absolute Gasteiger partial charge is 0.240 e. The summed E-state index contributed by atoms with van der Waals surface area (Å²) in [6, 6.07) is 0.